The maximum absolute atomic E-state index is 15.8. The number of phenolic OH excluding ortho intramolecular Hbond substituents is 2. The van der Waals surface area contributed by atoms with Gasteiger partial charge in [-0.3, -0.25) is 14.5 Å². The van der Waals surface area contributed by atoms with E-state index >= 15 is 13.6 Å². The molecule has 2 aromatic carbocycles. The van der Waals surface area contributed by atoms with Gasteiger partial charge in [-0.15, -0.1) is 0 Å². The molecule has 6 aliphatic heterocycles. The van der Waals surface area contributed by atoms with Gasteiger partial charge in [-0.2, -0.15) is 0 Å². The summed E-state index contributed by atoms with van der Waals surface area (Å²) in [5.41, 5.74) is -1.12. The van der Waals surface area contributed by atoms with Crippen molar-refractivity contribution in [1.82, 2.24) is 29.6 Å². The van der Waals surface area contributed by atoms with Crippen LogP contribution in [-0.4, -0.2) is 184 Å². The van der Waals surface area contributed by atoms with Gasteiger partial charge in [-0.25, -0.2) is 23.5 Å². The molecular weight excluding hydrogens is 969 g/mol. The number of hydrogen-bond donors (Lipinski definition) is 2. The molecule has 12 rings (SSSR count). The normalized spacial score (nSPS) is 26.9. The zero-order valence-electron chi connectivity index (χ0n) is 38.9. The van der Waals surface area contributed by atoms with E-state index in [2.05, 4.69) is 4.90 Å². The van der Waals surface area contributed by atoms with Crippen LogP contribution in [0.5, 0.6) is 23.0 Å². The van der Waals surface area contributed by atoms with Crippen LogP contribution in [0.15, 0.2) is 36.4 Å². The predicted octanol–water partition coefficient (Wildman–Crippen LogP) is 5.41. The molecule has 3 amide bonds. The standard InChI is InChI=1S/C49H50Cl2F2N8O10/c1-49(2,3)71-48(66)57-11-13-59-24(20-57)22-70-42-34(47(59)65)45(55-38(36(42)51)32-26(53)7-5-9-29(32)63)61-15-17-68-43-39(40(43)61)56-10-12-58-23(19-56)21-69-41-33(46(58)64)44(60-14-16-67-30-18-27(30)60)54-37(35(41)50)31-25(52)6-4-8-28(31)62/h4-9,23-24,27,30,39-40,43,62-63H,10-22H2,1-3H3/t23-,24-,27?,30?,39?,40?,43?/m1/s1. The van der Waals surface area contributed by atoms with Gasteiger partial charge >= 0.3 is 6.09 Å². The first kappa shape index (κ1) is 46.2. The Kier molecular flexibility index (Phi) is 11.1. The fourth-order valence-electron chi connectivity index (χ4n) is 11.2. The number of nitrogens with zero attached hydrogens (tertiary/aromatic N) is 8. The largest absolute Gasteiger partial charge is 0.507 e. The summed E-state index contributed by atoms with van der Waals surface area (Å²) >= 11 is 14.1. The second kappa shape index (κ2) is 17.1. The van der Waals surface area contributed by atoms with Crippen LogP contribution >= 0.6 is 23.2 Å². The third-order valence-electron chi connectivity index (χ3n) is 14.7. The summed E-state index contributed by atoms with van der Waals surface area (Å²) in [6.45, 7) is 8.23. The van der Waals surface area contributed by atoms with Gasteiger partial charge in [-0.05, 0) is 51.5 Å². The summed E-state index contributed by atoms with van der Waals surface area (Å²) in [5, 5.41) is 21.7. The minimum atomic E-state index is -0.785. The molecule has 0 bridgehead atoms. The highest BCUT2D eigenvalue weighted by molar-refractivity contribution is 6.36. The highest BCUT2D eigenvalue weighted by Gasteiger charge is 2.62. The third kappa shape index (κ3) is 7.70. The van der Waals surface area contributed by atoms with E-state index < -0.39 is 47.1 Å². The predicted molar refractivity (Wildman–Crippen MR) is 253 cm³/mol. The SMILES string of the molecule is CC(C)(C)OC(=O)N1CCN2C(=O)c3c(N4CCOC5C(N6CCN7C(=O)c8c(N9CCOC%10CC%109)nc(-c9c(O)cccc9F)c(Cl)c8OC[C@H]7C6)C54)nc(-c4c(O)cccc4F)c(Cl)c3OC[C@H]2C1. The monoisotopic (exact) mass is 1020 g/mol. The van der Waals surface area contributed by atoms with Gasteiger partial charge in [0.25, 0.3) is 11.8 Å². The number of pyridine rings is 2. The molecule has 374 valence electrons. The number of phenols is 2. The molecule has 18 nitrogen and oxygen atoms in total. The summed E-state index contributed by atoms with van der Waals surface area (Å²) in [7, 11) is 0. The fourth-order valence-corrected chi connectivity index (χ4v) is 11.8. The number of fused-ring (bicyclic) bond motifs is 6. The Morgan fingerprint density at radius 1 is 0.704 bits per heavy atom. The van der Waals surface area contributed by atoms with Crippen LogP contribution in [-0.2, 0) is 14.2 Å². The Balaban J connectivity index is 0.863. The van der Waals surface area contributed by atoms with Gasteiger partial charge in [0.2, 0.25) is 0 Å². The molecule has 4 saturated heterocycles. The summed E-state index contributed by atoms with van der Waals surface area (Å²) in [4.78, 5) is 64.1. The van der Waals surface area contributed by atoms with Gasteiger partial charge in [0.15, 0.2) is 11.5 Å². The van der Waals surface area contributed by atoms with Crippen molar-refractivity contribution in [3.05, 3.63) is 69.2 Å². The quantitative estimate of drug-likeness (QED) is 0.259. The highest BCUT2D eigenvalue weighted by atomic mass is 35.5. The van der Waals surface area contributed by atoms with Crippen molar-refractivity contribution >= 4 is 52.7 Å². The van der Waals surface area contributed by atoms with E-state index in [-0.39, 0.29) is 155 Å². The fraction of sp³-hybridized carbons (Fsp3) is 0.490. The smallest absolute Gasteiger partial charge is 0.410 e. The van der Waals surface area contributed by atoms with Gasteiger partial charge in [0, 0.05) is 52.4 Å². The first-order valence-electron chi connectivity index (χ1n) is 23.9. The lowest BCUT2D eigenvalue weighted by molar-refractivity contribution is 0.000946. The molecule has 7 atom stereocenters. The number of morpholine rings is 2. The summed E-state index contributed by atoms with van der Waals surface area (Å²) in [5.74, 6) is -2.56. The van der Waals surface area contributed by atoms with Gasteiger partial charge in [0.05, 0.1) is 66.8 Å². The molecule has 0 spiro atoms. The Hall–Kier alpha value is -5.93. The van der Waals surface area contributed by atoms with Crippen molar-refractivity contribution in [3.8, 4) is 45.5 Å². The minimum Gasteiger partial charge on any atom is -0.507 e. The molecule has 71 heavy (non-hydrogen) atoms. The highest BCUT2D eigenvalue weighted by Crippen LogP contribution is 2.52. The van der Waals surface area contributed by atoms with Crippen molar-refractivity contribution in [2.45, 2.75) is 75.2 Å². The lowest BCUT2D eigenvalue weighted by Crippen LogP contribution is -2.58. The summed E-state index contributed by atoms with van der Waals surface area (Å²) in [6, 6.07) is 6.02. The molecule has 8 heterocycles. The molecular formula is C49H50Cl2F2N8O10. The number of carbonyl (C=O) groups excluding carboxylic acids is 3. The number of aromatic hydroxyl groups is 2. The zero-order valence-corrected chi connectivity index (χ0v) is 40.5. The molecule has 2 saturated carbocycles. The van der Waals surface area contributed by atoms with Crippen molar-refractivity contribution in [1.29, 1.82) is 0 Å². The van der Waals surface area contributed by atoms with Gasteiger partial charge in [-0.1, -0.05) is 35.3 Å². The number of amides is 3. The van der Waals surface area contributed by atoms with E-state index in [0.717, 1.165) is 6.42 Å². The number of ether oxygens (including phenoxy) is 5. The van der Waals surface area contributed by atoms with Crippen LogP contribution in [0, 0.1) is 11.6 Å². The number of rotatable bonds is 5. The maximum Gasteiger partial charge on any atom is 0.410 e. The number of halogens is 4. The molecule has 4 aromatic rings. The molecule has 0 radical (unpaired) electrons. The van der Waals surface area contributed by atoms with E-state index in [1.807, 2.05) is 9.80 Å². The average Bonchev–Trinajstić information content (AvgIpc) is 4.27. The van der Waals surface area contributed by atoms with E-state index in [9.17, 15) is 19.8 Å². The molecule has 2 aromatic heterocycles. The van der Waals surface area contributed by atoms with E-state index in [1.165, 1.54) is 36.4 Å². The van der Waals surface area contributed by atoms with Crippen molar-refractivity contribution in [2.24, 2.45) is 0 Å². The van der Waals surface area contributed by atoms with Crippen molar-refractivity contribution < 1.29 is 57.1 Å². The number of carbonyl (C=O) groups is 3. The van der Waals surface area contributed by atoms with Crippen LogP contribution in [0.3, 0.4) is 0 Å². The van der Waals surface area contributed by atoms with Crippen LogP contribution < -0.4 is 19.3 Å². The summed E-state index contributed by atoms with van der Waals surface area (Å²) < 4.78 is 62.2. The average molecular weight is 1020 g/mol. The van der Waals surface area contributed by atoms with Crippen LogP contribution in [0.1, 0.15) is 47.9 Å². The number of hydrogen-bond acceptors (Lipinski definition) is 15. The number of piperazine rings is 2. The first-order valence-corrected chi connectivity index (χ1v) is 24.6. The number of benzene rings is 2. The van der Waals surface area contributed by atoms with E-state index in [0.29, 0.717) is 32.8 Å². The molecule has 6 fully saturated rings. The zero-order chi connectivity index (χ0) is 49.4. The number of aromatic nitrogens is 2. The topological polar surface area (TPSA) is 183 Å². The van der Waals surface area contributed by atoms with E-state index in [4.69, 9.17) is 56.9 Å². The van der Waals surface area contributed by atoms with Crippen molar-refractivity contribution in [2.75, 3.05) is 88.6 Å². The molecule has 2 N–H and O–H groups in total. The van der Waals surface area contributed by atoms with Gasteiger partial charge < -0.3 is 58.4 Å². The summed E-state index contributed by atoms with van der Waals surface area (Å²) in [6.07, 6.45) is -0.189. The van der Waals surface area contributed by atoms with Crippen LogP contribution in [0.4, 0.5) is 25.2 Å². The first-order chi connectivity index (χ1) is 34.1. The van der Waals surface area contributed by atoms with Crippen LogP contribution in [0.25, 0.3) is 22.5 Å². The lowest BCUT2D eigenvalue weighted by Gasteiger charge is -2.41. The Labute approximate surface area is 416 Å². The molecule has 22 heteroatoms. The molecule has 2 aliphatic carbocycles. The second-order valence-corrected chi connectivity index (χ2v) is 20.9. The number of anilines is 2. The molecule has 8 aliphatic rings. The minimum absolute atomic E-state index is 0.0183. The Morgan fingerprint density at radius 3 is 1.85 bits per heavy atom. The Morgan fingerprint density at radius 2 is 1.25 bits per heavy atom. The van der Waals surface area contributed by atoms with Crippen molar-refractivity contribution in [3.63, 3.8) is 0 Å². The second-order valence-electron chi connectivity index (χ2n) is 20.1. The maximum atomic E-state index is 15.8. The Bertz CT molecular complexity index is 2870. The van der Waals surface area contributed by atoms with Crippen LogP contribution in [0.2, 0.25) is 10.0 Å². The third-order valence-corrected chi connectivity index (χ3v) is 15.4. The molecule has 5 unspecified atom stereocenters. The van der Waals surface area contributed by atoms with Gasteiger partial charge in [0.1, 0.15) is 86.1 Å². The lowest BCUT2D eigenvalue weighted by atomic mass is 10.0. The van der Waals surface area contributed by atoms with E-state index in [1.54, 1.807) is 35.5 Å².